The predicted molar refractivity (Wildman–Crippen MR) is 67.3 cm³/mol. The zero-order valence-electron chi connectivity index (χ0n) is 10.6. The molecule has 19 heavy (non-hydrogen) atoms. The summed E-state index contributed by atoms with van der Waals surface area (Å²) in [5, 5.41) is 8.22. The zero-order chi connectivity index (χ0) is 13.2. The molecule has 2 N–H and O–H groups in total. The standard InChI is InChI=1S/C12H17N5O2/c18-11(15-16-8-2-6-13-12(16)19)10-5-7-14-17(10)9-3-1-4-9/h5,7,9H,1-4,6,8H2,(H,13,19)(H,15,18). The Bertz CT molecular complexity index is 494. The van der Waals surface area contributed by atoms with Gasteiger partial charge in [0.05, 0.1) is 6.04 Å². The van der Waals surface area contributed by atoms with Crippen molar-refractivity contribution in [3.63, 3.8) is 0 Å². The van der Waals surface area contributed by atoms with E-state index in [0.29, 0.717) is 24.8 Å². The summed E-state index contributed by atoms with van der Waals surface area (Å²) in [6.07, 6.45) is 5.76. The van der Waals surface area contributed by atoms with Gasteiger partial charge >= 0.3 is 6.03 Å². The number of carbonyl (C=O) groups is 2. The highest BCUT2D eigenvalue weighted by molar-refractivity contribution is 5.93. The third-order valence-corrected chi connectivity index (χ3v) is 3.64. The molecule has 0 bridgehead atoms. The number of aromatic nitrogens is 2. The summed E-state index contributed by atoms with van der Waals surface area (Å²) in [5.74, 6) is -0.276. The monoisotopic (exact) mass is 263 g/mol. The molecule has 0 aromatic carbocycles. The van der Waals surface area contributed by atoms with E-state index in [4.69, 9.17) is 0 Å². The Labute approximate surface area is 110 Å². The van der Waals surface area contributed by atoms with Gasteiger partial charge in [-0.15, -0.1) is 0 Å². The first kappa shape index (κ1) is 12.0. The lowest BCUT2D eigenvalue weighted by Gasteiger charge is -2.29. The van der Waals surface area contributed by atoms with Crippen molar-refractivity contribution in [3.05, 3.63) is 18.0 Å². The van der Waals surface area contributed by atoms with Crippen molar-refractivity contribution in [2.45, 2.75) is 31.7 Å². The van der Waals surface area contributed by atoms with Crippen molar-refractivity contribution in [1.82, 2.24) is 25.5 Å². The molecule has 1 aromatic heterocycles. The molecule has 0 atom stereocenters. The van der Waals surface area contributed by atoms with Gasteiger partial charge in [-0.3, -0.25) is 14.9 Å². The molecule has 3 rings (SSSR count). The van der Waals surface area contributed by atoms with Crippen LogP contribution >= 0.6 is 0 Å². The number of urea groups is 1. The van der Waals surface area contributed by atoms with Gasteiger partial charge in [0.1, 0.15) is 5.69 Å². The second-order valence-corrected chi connectivity index (χ2v) is 4.92. The first-order valence-corrected chi connectivity index (χ1v) is 6.65. The summed E-state index contributed by atoms with van der Waals surface area (Å²) >= 11 is 0. The number of hydrogen-bond donors (Lipinski definition) is 2. The highest BCUT2D eigenvalue weighted by Gasteiger charge is 2.26. The third kappa shape index (κ3) is 2.27. The minimum atomic E-state index is -0.276. The molecule has 3 amide bonds. The average Bonchev–Trinajstić information content (AvgIpc) is 2.79. The van der Waals surface area contributed by atoms with Gasteiger partial charge in [-0.05, 0) is 31.7 Å². The van der Waals surface area contributed by atoms with Crippen LogP contribution in [0.5, 0.6) is 0 Å². The zero-order valence-corrected chi connectivity index (χ0v) is 10.6. The van der Waals surface area contributed by atoms with E-state index in [2.05, 4.69) is 15.8 Å². The molecule has 7 heteroatoms. The molecule has 2 fully saturated rings. The second-order valence-electron chi connectivity index (χ2n) is 4.92. The molecular weight excluding hydrogens is 246 g/mol. The maximum Gasteiger partial charge on any atom is 0.336 e. The fourth-order valence-corrected chi connectivity index (χ4v) is 2.33. The highest BCUT2D eigenvalue weighted by Crippen LogP contribution is 2.31. The van der Waals surface area contributed by atoms with Crippen LogP contribution in [0, 0.1) is 0 Å². The molecular formula is C12H17N5O2. The van der Waals surface area contributed by atoms with Crippen LogP contribution in [0.1, 0.15) is 42.2 Å². The maximum absolute atomic E-state index is 12.2. The number of nitrogens with one attached hydrogen (secondary N) is 2. The van der Waals surface area contributed by atoms with Crippen LogP contribution in [0.3, 0.4) is 0 Å². The molecule has 1 aromatic rings. The van der Waals surface area contributed by atoms with Crippen molar-refractivity contribution in [2.24, 2.45) is 0 Å². The van der Waals surface area contributed by atoms with Crippen molar-refractivity contribution < 1.29 is 9.59 Å². The van der Waals surface area contributed by atoms with E-state index < -0.39 is 0 Å². The molecule has 7 nitrogen and oxygen atoms in total. The molecule has 1 aliphatic carbocycles. The van der Waals surface area contributed by atoms with E-state index in [1.807, 2.05) is 0 Å². The lowest BCUT2D eigenvalue weighted by Crippen LogP contribution is -2.55. The van der Waals surface area contributed by atoms with Crippen molar-refractivity contribution in [3.8, 4) is 0 Å². The molecule has 1 saturated heterocycles. The van der Waals surface area contributed by atoms with Gasteiger partial charge in [-0.2, -0.15) is 5.10 Å². The Morgan fingerprint density at radius 3 is 2.95 bits per heavy atom. The Balaban J connectivity index is 1.69. The van der Waals surface area contributed by atoms with Gasteiger partial charge in [-0.25, -0.2) is 9.80 Å². The molecule has 102 valence electrons. The molecule has 1 aliphatic heterocycles. The number of hydrogen-bond acceptors (Lipinski definition) is 3. The minimum Gasteiger partial charge on any atom is -0.336 e. The lowest BCUT2D eigenvalue weighted by atomic mass is 9.93. The molecule has 0 spiro atoms. The summed E-state index contributed by atoms with van der Waals surface area (Å²) < 4.78 is 1.76. The van der Waals surface area contributed by atoms with E-state index in [-0.39, 0.29) is 11.9 Å². The van der Waals surface area contributed by atoms with Crippen LogP contribution < -0.4 is 10.7 Å². The van der Waals surface area contributed by atoms with Crippen molar-refractivity contribution in [2.75, 3.05) is 13.1 Å². The number of nitrogens with zero attached hydrogens (tertiary/aromatic N) is 3. The smallest absolute Gasteiger partial charge is 0.336 e. The normalized spacial score (nSPS) is 19.8. The van der Waals surface area contributed by atoms with Crippen LogP contribution in [0.4, 0.5) is 4.79 Å². The van der Waals surface area contributed by atoms with Crippen LogP contribution in [0.2, 0.25) is 0 Å². The molecule has 0 unspecified atom stereocenters. The summed E-state index contributed by atoms with van der Waals surface area (Å²) in [5.41, 5.74) is 3.15. The number of rotatable bonds is 3. The van der Waals surface area contributed by atoms with Gasteiger partial charge in [-0.1, -0.05) is 0 Å². The molecule has 1 saturated carbocycles. The summed E-state index contributed by atoms with van der Waals surface area (Å²) in [6.45, 7) is 1.19. The maximum atomic E-state index is 12.2. The lowest BCUT2D eigenvalue weighted by molar-refractivity contribution is 0.0790. The van der Waals surface area contributed by atoms with Crippen LogP contribution in [0.25, 0.3) is 0 Å². The first-order chi connectivity index (χ1) is 9.25. The fourth-order valence-electron chi connectivity index (χ4n) is 2.33. The van der Waals surface area contributed by atoms with Gasteiger partial charge in [0.25, 0.3) is 5.91 Å². The summed E-state index contributed by atoms with van der Waals surface area (Å²) in [6, 6.07) is 1.76. The Morgan fingerprint density at radius 1 is 1.42 bits per heavy atom. The van der Waals surface area contributed by atoms with Crippen molar-refractivity contribution >= 4 is 11.9 Å². The minimum absolute atomic E-state index is 0.255. The third-order valence-electron chi connectivity index (χ3n) is 3.64. The Kier molecular flexibility index (Phi) is 3.10. The second kappa shape index (κ2) is 4.91. The van der Waals surface area contributed by atoms with Gasteiger partial charge in [0.2, 0.25) is 0 Å². The number of amides is 3. The summed E-state index contributed by atoms with van der Waals surface area (Å²) in [7, 11) is 0. The largest absolute Gasteiger partial charge is 0.336 e. The molecule has 2 aliphatic rings. The highest BCUT2D eigenvalue weighted by atomic mass is 16.2. The van der Waals surface area contributed by atoms with E-state index in [9.17, 15) is 9.59 Å². The van der Waals surface area contributed by atoms with Crippen LogP contribution in [0.15, 0.2) is 12.3 Å². The van der Waals surface area contributed by atoms with E-state index in [1.165, 1.54) is 11.4 Å². The predicted octanol–water partition coefficient (Wildman–Crippen LogP) is 0.668. The number of hydrazine groups is 1. The first-order valence-electron chi connectivity index (χ1n) is 6.65. The van der Waals surface area contributed by atoms with E-state index in [1.54, 1.807) is 16.9 Å². The SMILES string of the molecule is O=C(NN1CCCNC1=O)c1ccnn1C1CCC1. The van der Waals surface area contributed by atoms with Crippen LogP contribution in [-0.2, 0) is 0 Å². The van der Waals surface area contributed by atoms with Gasteiger partial charge in [0, 0.05) is 19.3 Å². The van der Waals surface area contributed by atoms with E-state index in [0.717, 1.165) is 19.3 Å². The van der Waals surface area contributed by atoms with Gasteiger partial charge < -0.3 is 5.32 Å². The fraction of sp³-hybridized carbons (Fsp3) is 0.583. The Hall–Kier alpha value is -2.05. The molecule has 0 radical (unpaired) electrons. The Morgan fingerprint density at radius 2 is 2.26 bits per heavy atom. The quantitative estimate of drug-likeness (QED) is 0.841. The topological polar surface area (TPSA) is 79.3 Å². The summed E-state index contributed by atoms with van der Waals surface area (Å²) in [4.78, 5) is 23.8. The van der Waals surface area contributed by atoms with E-state index >= 15 is 0 Å². The van der Waals surface area contributed by atoms with Crippen molar-refractivity contribution in [1.29, 1.82) is 0 Å². The van der Waals surface area contributed by atoms with Crippen LogP contribution in [-0.4, -0.2) is 39.8 Å². The average molecular weight is 263 g/mol. The number of carbonyl (C=O) groups excluding carboxylic acids is 2. The van der Waals surface area contributed by atoms with Gasteiger partial charge in [0.15, 0.2) is 0 Å². The molecule has 2 heterocycles.